The molecular weight excluding hydrogens is 440 g/mol. The van der Waals surface area contributed by atoms with E-state index < -0.39 is 5.92 Å². The van der Waals surface area contributed by atoms with Crippen LogP contribution in [0.3, 0.4) is 0 Å². The first-order chi connectivity index (χ1) is 15.0. The van der Waals surface area contributed by atoms with Gasteiger partial charge in [0.1, 0.15) is 18.1 Å². The van der Waals surface area contributed by atoms with Gasteiger partial charge in [-0.05, 0) is 48.5 Å². The summed E-state index contributed by atoms with van der Waals surface area (Å²) in [7, 11) is 1.58. The van der Waals surface area contributed by atoms with Crippen molar-refractivity contribution in [2.24, 2.45) is 5.92 Å². The van der Waals surface area contributed by atoms with Crippen LogP contribution < -0.4 is 19.7 Å². The summed E-state index contributed by atoms with van der Waals surface area (Å²) in [5, 5.41) is 12.4. The van der Waals surface area contributed by atoms with E-state index in [9.17, 15) is 9.59 Å². The molecule has 1 aliphatic heterocycles. The third-order valence-corrected chi connectivity index (χ3v) is 5.82. The third kappa shape index (κ3) is 5.12. The Bertz CT molecular complexity index is 1070. The number of ether oxygens (including phenoxy) is 2. The Balaban J connectivity index is 1.32. The van der Waals surface area contributed by atoms with Gasteiger partial charge in [-0.15, -0.1) is 10.2 Å². The van der Waals surface area contributed by atoms with Gasteiger partial charge in [-0.1, -0.05) is 22.9 Å². The highest BCUT2D eigenvalue weighted by Crippen LogP contribution is 2.28. The molecule has 1 unspecified atom stereocenters. The highest BCUT2D eigenvalue weighted by atomic mass is 35.5. The number of hydrogen-bond donors (Lipinski definition) is 1. The first-order valence-corrected chi connectivity index (χ1v) is 10.7. The Labute approximate surface area is 187 Å². The lowest BCUT2D eigenvalue weighted by molar-refractivity contribution is -0.122. The Morgan fingerprint density at radius 2 is 1.87 bits per heavy atom. The monoisotopic (exact) mass is 458 g/mol. The van der Waals surface area contributed by atoms with Gasteiger partial charge in [0.05, 0.1) is 13.0 Å². The smallest absolute Gasteiger partial charge is 0.231 e. The summed E-state index contributed by atoms with van der Waals surface area (Å²) in [6.07, 6.45) is 0.142. The van der Waals surface area contributed by atoms with Crippen molar-refractivity contribution in [3.05, 3.63) is 58.6 Å². The summed E-state index contributed by atoms with van der Waals surface area (Å²) >= 11 is 7.08. The van der Waals surface area contributed by atoms with Gasteiger partial charge in [0.2, 0.25) is 16.9 Å². The minimum atomic E-state index is -0.465. The normalized spacial score (nSPS) is 15.7. The molecule has 1 saturated heterocycles. The van der Waals surface area contributed by atoms with Gasteiger partial charge in [-0.25, -0.2) is 0 Å². The molecule has 2 aromatic carbocycles. The van der Waals surface area contributed by atoms with Crippen LogP contribution in [0.25, 0.3) is 0 Å². The fourth-order valence-corrected chi connectivity index (χ4v) is 3.92. The van der Waals surface area contributed by atoms with Crippen LogP contribution in [0.15, 0.2) is 48.5 Å². The summed E-state index contributed by atoms with van der Waals surface area (Å²) in [6.45, 7) is 0.532. The summed E-state index contributed by atoms with van der Waals surface area (Å²) in [6, 6.07) is 14.2. The first kappa shape index (κ1) is 21.1. The number of nitrogens with zero attached hydrogens (tertiary/aromatic N) is 3. The molecule has 0 radical (unpaired) electrons. The zero-order valence-electron chi connectivity index (χ0n) is 16.6. The molecule has 160 valence electrons. The highest BCUT2D eigenvalue weighted by molar-refractivity contribution is 7.15. The maximum atomic E-state index is 12.6. The van der Waals surface area contributed by atoms with Crippen LogP contribution in [0.5, 0.6) is 11.5 Å². The molecule has 1 aliphatic rings. The molecule has 2 amide bonds. The van der Waals surface area contributed by atoms with Gasteiger partial charge in [0, 0.05) is 23.7 Å². The number of halogens is 1. The minimum Gasteiger partial charge on any atom is -0.497 e. The van der Waals surface area contributed by atoms with Crippen molar-refractivity contribution in [1.82, 2.24) is 10.2 Å². The van der Waals surface area contributed by atoms with E-state index in [0.29, 0.717) is 33.2 Å². The van der Waals surface area contributed by atoms with E-state index in [2.05, 4.69) is 15.5 Å². The van der Waals surface area contributed by atoms with E-state index in [1.54, 1.807) is 60.5 Å². The fraction of sp³-hybridized carbons (Fsp3) is 0.238. The Hall–Kier alpha value is -3.17. The summed E-state index contributed by atoms with van der Waals surface area (Å²) in [5.41, 5.74) is 0.735. The van der Waals surface area contributed by atoms with E-state index in [0.717, 1.165) is 5.69 Å². The maximum absolute atomic E-state index is 12.6. The lowest BCUT2D eigenvalue weighted by Crippen LogP contribution is -2.28. The number of hydrogen-bond acceptors (Lipinski definition) is 7. The zero-order chi connectivity index (χ0) is 21.8. The summed E-state index contributed by atoms with van der Waals surface area (Å²) < 4.78 is 10.8. The number of nitrogens with one attached hydrogen (secondary N) is 1. The van der Waals surface area contributed by atoms with Crippen molar-refractivity contribution < 1.29 is 19.1 Å². The van der Waals surface area contributed by atoms with Gasteiger partial charge in [0.25, 0.3) is 0 Å². The molecule has 10 heteroatoms. The quantitative estimate of drug-likeness (QED) is 0.579. The zero-order valence-corrected chi connectivity index (χ0v) is 18.2. The first-order valence-electron chi connectivity index (χ1n) is 9.48. The molecule has 31 heavy (non-hydrogen) atoms. The predicted molar refractivity (Wildman–Crippen MR) is 118 cm³/mol. The molecular formula is C21H19ClN4O4S. The molecule has 0 bridgehead atoms. The lowest BCUT2D eigenvalue weighted by Gasteiger charge is -2.16. The largest absolute Gasteiger partial charge is 0.497 e. The van der Waals surface area contributed by atoms with E-state index in [1.807, 2.05) is 0 Å². The van der Waals surface area contributed by atoms with Crippen molar-refractivity contribution in [1.29, 1.82) is 0 Å². The fourth-order valence-electron chi connectivity index (χ4n) is 3.14. The van der Waals surface area contributed by atoms with Gasteiger partial charge >= 0.3 is 0 Å². The number of methoxy groups -OCH3 is 1. The third-order valence-electron chi connectivity index (χ3n) is 4.75. The molecule has 4 rings (SSSR count). The van der Waals surface area contributed by atoms with Crippen LogP contribution in [0.2, 0.25) is 5.02 Å². The van der Waals surface area contributed by atoms with E-state index >= 15 is 0 Å². The van der Waals surface area contributed by atoms with Crippen LogP contribution in [-0.2, 0) is 16.2 Å². The Kier molecular flexibility index (Phi) is 6.34. The van der Waals surface area contributed by atoms with Crippen molar-refractivity contribution in [3.8, 4) is 11.5 Å². The number of aromatic nitrogens is 2. The second kappa shape index (κ2) is 9.32. The number of amides is 2. The van der Waals surface area contributed by atoms with Gasteiger partial charge in [0.15, 0.2) is 5.01 Å². The second-order valence-electron chi connectivity index (χ2n) is 6.84. The number of carbonyl (C=O) groups is 2. The van der Waals surface area contributed by atoms with Crippen LogP contribution in [0.1, 0.15) is 11.4 Å². The molecule has 8 nitrogen and oxygen atoms in total. The number of benzene rings is 2. The van der Waals surface area contributed by atoms with Crippen LogP contribution in [0.4, 0.5) is 10.8 Å². The van der Waals surface area contributed by atoms with Crippen LogP contribution in [0, 0.1) is 5.92 Å². The number of rotatable bonds is 7. The van der Waals surface area contributed by atoms with E-state index in [1.165, 1.54) is 11.3 Å². The summed E-state index contributed by atoms with van der Waals surface area (Å²) in [5.74, 6) is 0.544. The van der Waals surface area contributed by atoms with Crippen molar-refractivity contribution >= 4 is 45.6 Å². The highest BCUT2D eigenvalue weighted by Gasteiger charge is 2.35. The van der Waals surface area contributed by atoms with Gasteiger partial charge in [-0.2, -0.15) is 0 Å². The molecule has 1 atom stereocenters. The van der Waals surface area contributed by atoms with Crippen LogP contribution >= 0.6 is 22.9 Å². The molecule has 1 aromatic heterocycles. The van der Waals surface area contributed by atoms with Crippen LogP contribution in [-0.4, -0.2) is 35.7 Å². The molecule has 3 aromatic rings. The molecule has 0 aliphatic carbocycles. The molecule has 1 fully saturated rings. The van der Waals surface area contributed by atoms with Gasteiger partial charge in [-0.3, -0.25) is 9.59 Å². The summed E-state index contributed by atoms with van der Waals surface area (Å²) in [4.78, 5) is 26.7. The topological polar surface area (TPSA) is 93.7 Å². The van der Waals surface area contributed by atoms with Crippen molar-refractivity contribution in [2.45, 2.75) is 13.0 Å². The number of carbonyl (C=O) groups excluding carboxylic acids is 2. The molecule has 2 heterocycles. The number of anilines is 2. The van der Waals surface area contributed by atoms with Crippen molar-refractivity contribution in [3.63, 3.8) is 0 Å². The Morgan fingerprint density at radius 3 is 2.58 bits per heavy atom. The minimum absolute atomic E-state index is 0.0976. The van der Waals surface area contributed by atoms with E-state index in [4.69, 9.17) is 21.1 Å². The SMILES string of the molecule is COc1ccc(N2CC(C(=O)Nc3nnc(COc4ccc(Cl)cc4)s3)CC2=O)cc1. The average molecular weight is 459 g/mol. The molecule has 0 spiro atoms. The molecule has 0 saturated carbocycles. The van der Waals surface area contributed by atoms with Gasteiger partial charge < -0.3 is 19.7 Å². The van der Waals surface area contributed by atoms with Crippen molar-refractivity contribution in [2.75, 3.05) is 23.9 Å². The standard InChI is InChI=1S/C21H19ClN4O4S/c1-29-16-8-4-15(5-9-16)26-11-13(10-19(26)27)20(28)23-21-25-24-18(31-21)12-30-17-6-2-14(22)3-7-17/h2-9,13H,10-12H2,1H3,(H,23,25,28). The Morgan fingerprint density at radius 1 is 1.16 bits per heavy atom. The lowest BCUT2D eigenvalue weighted by atomic mass is 10.1. The average Bonchev–Trinajstić information content (AvgIpc) is 3.40. The molecule has 1 N–H and O–H groups in total. The maximum Gasteiger partial charge on any atom is 0.231 e. The van der Waals surface area contributed by atoms with E-state index in [-0.39, 0.29) is 24.8 Å². The second-order valence-corrected chi connectivity index (χ2v) is 8.33. The predicted octanol–water partition coefficient (Wildman–Crippen LogP) is 3.77.